The van der Waals surface area contributed by atoms with E-state index in [9.17, 15) is 17.6 Å². The van der Waals surface area contributed by atoms with Crippen molar-refractivity contribution in [2.45, 2.75) is 12.7 Å². The molecule has 1 rings (SSSR count). The van der Waals surface area contributed by atoms with Crippen molar-refractivity contribution in [2.24, 2.45) is 11.7 Å². The van der Waals surface area contributed by atoms with Gasteiger partial charge in [-0.15, -0.1) is 0 Å². The molecule has 0 radical (unpaired) electrons. The van der Waals surface area contributed by atoms with Crippen LogP contribution >= 0.6 is 0 Å². The van der Waals surface area contributed by atoms with Crippen molar-refractivity contribution in [3.8, 4) is 0 Å². The van der Waals surface area contributed by atoms with Crippen molar-refractivity contribution in [3.05, 3.63) is 35.6 Å². The number of rotatable bonds is 5. The molecule has 0 spiro atoms. The number of alkyl halides is 3. The standard InChI is InChI=1S/C12H15F4N3/c1-19(6-8-3-2-4-9(13)5-8)7-10(11(17)18)12(14,15)16/h2-5,10H,6-7H2,1H3,(H3,17,18). The Kier molecular flexibility index (Phi) is 4.88. The number of hydrogen-bond acceptors (Lipinski definition) is 2. The molecule has 19 heavy (non-hydrogen) atoms. The smallest absolute Gasteiger partial charge is 0.387 e. The maximum atomic E-state index is 12.9. The Hall–Kier alpha value is -1.63. The Labute approximate surface area is 108 Å². The number of nitrogens with one attached hydrogen (secondary N) is 1. The van der Waals surface area contributed by atoms with E-state index in [1.807, 2.05) is 0 Å². The number of halogens is 4. The lowest BCUT2D eigenvalue weighted by atomic mass is 10.1. The summed E-state index contributed by atoms with van der Waals surface area (Å²) in [5.41, 5.74) is 5.53. The molecule has 3 N–H and O–H groups in total. The molecule has 0 aromatic heterocycles. The highest BCUT2D eigenvalue weighted by molar-refractivity contribution is 5.80. The van der Waals surface area contributed by atoms with Crippen LogP contribution in [0, 0.1) is 17.1 Å². The maximum absolute atomic E-state index is 12.9. The summed E-state index contributed by atoms with van der Waals surface area (Å²) >= 11 is 0. The van der Waals surface area contributed by atoms with E-state index in [2.05, 4.69) is 0 Å². The van der Waals surface area contributed by atoms with Crippen LogP contribution < -0.4 is 5.73 Å². The molecule has 0 aliphatic rings. The Balaban J connectivity index is 2.68. The number of nitrogens with two attached hydrogens (primary N) is 1. The zero-order chi connectivity index (χ0) is 14.6. The average molecular weight is 277 g/mol. The first-order chi connectivity index (χ1) is 8.70. The molecule has 3 nitrogen and oxygen atoms in total. The van der Waals surface area contributed by atoms with Crippen LogP contribution in [0.1, 0.15) is 5.56 Å². The van der Waals surface area contributed by atoms with E-state index in [4.69, 9.17) is 11.1 Å². The van der Waals surface area contributed by atoms with E-state index in [0.717, 1.165) is 0 Å². The molecule has 0 bridgehead atoms. The van der Waals surface area contributed by atoms with Gasteiger partial charge in [0.2, 0.25) is 0 Å². The molecular formula is C12H15F4N3. The van der Waals surface area contributed by atoms with Gasteiger partial charge in [0.1, 0.15) is 17.6 Å². The topological polar surface area (TPSA) is 53.1 Å². The minimum absolute atomic E-state index is 0.150. The maximum Gasteiger partial charge on any atom is 0.399 e. The summed E-state index contributed by atoms with van der Waals surface area (Å²) in [6, 6.07) is 5.63. The quantitative estimate of drug-likeness (QED) is 0.493. The number of amidine groups is 1. The molecule has 1 atom stereocenters. The molecule has 0 fully saturated rings. The van der Waals surface area contributed by atoms with Crippen LogP contribution in [-0.4, -0.2) is 30.5 Å². The van der Waals surface area contributed by atoms with Gasteiger partial charge < -0.3 is 10.6 Å². The molecule has 7 heteroatoms. The van der Waals surface area contributed by atoms with Crippen LogP contribution in [0.4, 0.5) is 17.6 Å². The monoisotopic (exact) mass is 277 g/mol. The summed E-state index contributed by atoms with van der Waals surface area (Å²) in [5, 5.41) is 6.99. The minimum atomic E-state index is -4.55. The summed E-state index contributed by atoms with van der Waals surface area (Å²) < 4.78 is 50.8. The fourth-order valence-electron chi connectivity index (χ4n) is 1.70. The third-order valence-electron chi connectivity index (χ3n) is 2.61. The van der Waals surface area contributed by atoms with Crippen molar-refractivity contribution >= 4 is 5.84 Å². The van der Waals surface area contributed by atoms with Crippen LogP contribution in [0.15, 0.2) is 24.3 Å². The lowest BCUT2D eigenvalue weighted by molar-refractivity contribution is -0.159. The summed E-state index contributed by atoms with van der Waals surface area (Å²) in [7, 11) is 1.46. The van der Waals surface area contributed by atoms with Gasteiger partial charge in [-0.05, 0) is 24.7 Å². The molecule has 0 saturated heterocycles. The summed E-state index contributed by atoms with van der Waals surface area (Å²) in [6.45, 7) is -0.285. The van der Waals surface area contributed by atoms with E-state index >= 15 is 0 Å². The van der Waals surface area contributed by atoms with Gasteiger partial charge in [0.05, 0.1) is 0 Å². The minimum Gasteiger partial charge on any atom is -0.387 e. The second kappa shape index (κ2) is 6.01. The van der Waals surface area contributed by atoms with Gasteiger partial charge in [0.15, 0.2) is 0 Å². The highest BCUT2D eigenvalue weighted by Crippen LogP contribution is 2.27. The molecule has 0 saturated carbocycles. The van der Waals surface area contributed by atoms with Crippen LogP contribution in [0.25, 0.3) is 0 Å². The number of hydrogen-bond donors (Lipinski definition) is 2. The van der Waals surface area contributed by atoms with E-state index in [1.54, 1.807) is 6.07 Å². The van der Waals surface area contributed by atoms with Gasteiger partial charge in [-0.1, -0.05) is 12.1 Å². The Bertz CT molecular complexity index is 445. The highest BCUT2D eigenvalue weighted by atomic mass is 19.4. The van der Waals surface area contributed by atoms with Crippen molar-refractivity contribution in [1.82, 2.24) is 4.90 Å². The van der Waals surface area contributed by atoms with Gasteiger partial charge in [-0.2, -0.15) is 13.2 Å². The van der Waals surface area contributed by atoms with Crippen molar-refractivity contribution in [2.75, 3.05) is 13.6 Å². The van der Waals surface area contributed by atoms with Crippen LogP contribution in [-0.2, 0) is 6.54 Å². The van der Waals surface area contributed by atoms with Gasteiger partial charge in [0.25, 0.3) is 0 Å². The lowest BCUT2D eigenvalue weighted by Crippen LogP contribution is -2.42. The lowest BCUT2D eigenvalue weighted by Gasteiger charge is -2.25. The zero-order valence-electron chi connectivity index (χ0n) is 10.3. The summed E-state index contributed by atoms with van der Waals surface area (Å²) in [5.74, 6) is -3.37. The molecule has 1 unspecified atom stereocenters. The van der Waals surface area contributed by atoms with Gasteiger partial charge in [0, 0.05) is 13.1 Å². The molecule has 1 aromatic carbocycles. The largest absolute Gasteiger partial charge is 0.399 e. The second-order valence-electron chi connectivity index (χ2n) is 4.38. The van der Waals surface area contributed by atoms with Crippen molar-refractivity contribution < 1.29 is 17.6 Å². The SMILES string of the molecule is CN(Cc1cccc(F)c1)CC(C(=N)N)C(F)(F)F. The fraction of sp³-hybridized carbons (Fsp3) is 0.417. The average Bonchev–Trinajstić information content (AvgIpc) is 2.24. The zero-order valence-corrected chi connectivity index (χ0v) is 10.3. The molecule has 0 aliphatic carbocycles. The molecule has 0 aliphatic heterocycles. The molecule has 1 aromatic rings. The first kappa shape index (κ1) is 15.4. The summed E-state index contributed by atoms with van der Waals surface area (Å²) in [6.07, 6.45) is -4.55. The predicted octanol–water partition coefficient (Wildman–Crippen LogP) is 2.37. The van der Waals surface area contributed by atoms with Crippen molar-refractivity contribution in [1.29, 1.82) is 5.41 Å². The fourth-order valence-corrected chi connectivity index (χ4v) is 1.70. The van der Waals surface area contributed by atoms with E-state index in [-0.39, 0.29) is 6.54 Å². The predicted molar refractivity (Wildman–Crippen MR) is 64.2 cm³/mol. The van der Waals surface area contributed by atoms with Gasteiger partial charge >= 0.3 is 6.18 Å². The summed E-state index contributed by atoms with van der Waals surface area (Å²) in [4.78, 5) is 1.36. The molecule has 0 heterocycles. The number of benzene rings is 1. The van der Waals surface area contributed by atoms with Crippen molar-refractivity contribution in [3.63, 3.8) is 0 Å². The Morgan fingerprint density at radius 1 is 1.42 bits per heavy atom. The van der Waals surface area contributed by atoms with Gasteiger partial charge in [-0.25, -0.2) is 4.39 Å². The van der Waals surface area contributed by atoms with Crippen LogP contribution in [0.5, 0.6) is 0 Å². The number of nitrogens with zero attached hydrogens (tertiary/aromatic N) is 1. The first-order valence-electron chi connectivity index (χ1n) is 5.53. The second-order valence-corrected chi connectivity index (χ2v) is 4.38. The van der Waals surface area contributed by atoms with Crippen LogP contribution in [0.2, 0.25) is 0 Å². The highest BCUT2D eigenvalue weighted by Gasteiger charge is 2.42. The Morgan fingerprint density at radius 2 is 2.05 bits per heavy atom. The van der Waals surface area contributed by atoms with Crippen LogP contribution in [0.3, 0.4) is 0 Å². The van der Waals surface area contributed by atoms with Gasteiger partial charge in [-0.3, -0.25) is 5.41 Å². The normalized spacial score (nSPS) is 13.6. The Morgan fingerprint density at radius 3 is 2.53 bits per heavy atom. The third-order valence-corrected chi connectivity index (χ3v) is 2.61. The first-order valence-corrected chi connectivity index (χ1v) is 5.53. The van der Waals surface area contributed by atoms with E-state index in [0.29, 0.717) is 5.56 Å². The molecule has 106 valence electrons. The molecule has 0 amide bonds. The molecular weight excluding hydrogens is 262 g/mol. The van der Waals surface area contributed by atoms with E-state index in [1.165, 1.54) is 30.1 Å². The van der Waals surface area contributed by atoms with E-state index < -0.39 is 30.3 Å². The third kappa shape index (κ3) is 4.86.